The minimum atomic E-state index is -0.487. The fraction of sp³-hybridized carbons (Fsp3) is 0.700. The molecule has 4 heterocycles. The standard InChI is InChI=1S/C20H29ClN6O3/c1-20(2,3)30-19(28)27-7-5-13(6-8-27)15-22-14-16(25(15)4)23-18(21)24-17(14)26-9-11-29-12-10-26/h13H,5-12H2,1-4H3. The smallest absolute Gasteiger partial charge is 0.410 e. The number of rotatable bonds is 2. The average Bonchev–Trinajstić information content (AvgIpc) is 3.03. The van der Waals surface area contributed by atoms with Gasteiger partial charge in [-0.3, -0.25) is 0 Å². The molecule has 2 aromatic heterocycles. The molecule has 2 aliphatic rings. The summed E-state index contributed by atoms with van der Waals surface area (Å²) in [6.07, 6.45) is 1.40. The Kier molecular flexibility index (Phi) is 5.76. The van der Waals surface area contributed by atoms with Crippen LogP contribution in [0.4, 0.5) is 10.6 Å². The Hall–Kier alpha value is -2.13. The first-order valence-corrected chi connectivity index (χ1v) is 10.8. The lowest BCUT2D eigenvalue weighted by Crippen LogP contribution is -2.41. The molecule has 2 aliphatic heterocycles. The Labute approximate surface area is 181 Å². The number of hydrogen-bond donors (Lipinski definition) is 0. The van der Waals surface area contributed by atoms with Gasteiger partial charge in [0.05, 0.1) is 13.2 Å². The summed E-state index contributed by atoms with van der Waals surface area (Å²) >= 11 is 6.24. The number of nitrogens with zero attached hydrogens (tertiary/aromatic N) is 6. The topological polar surface area (TPSA) is 85.6 Å². The summed E-state index contributed by atoms with van der Waals surface area (Å²) in [6.45, 7) is 9.76. The Morgan fingerprint density at radius 3 is 2.40 bits per heavy atom. The lowest BCUT2D eigenvalue weighted by atomic mass is 9.96. The number of halogens is 1. The van der Waals surface area contributed by atoms with E-state index in [2.05, 4.69) is 14.9 Å². The molecular formula is C20H29ClN6O3. The average molecular weight is 437 g/mol. The van der Waals surface area contributed by atoms with Crippen molar-refractivity contribution in [2.24, 2.45) is 7.05 Å². The van der Waals surface area contributed by atoms with Gasteiger partial charge in [0.1, 0.15) is 11.4 Å². The van der Waals surface area contributed by atoms with E-state index >= 15 is 0 Å². The highest BCUT2D eigenvalue weighted by molar-refractivity contribution is 6.28. The van der Waals surface area contributed by atoms with Crippen LogP contribution in [0.5, 0.6) is 0 Å². The van der Waals surface area contributed by atoms with Gasteiger partial charge in [-0.05, 0) is 45.2 Å². The summed E-state index contributed by atoms with van der Waals surface area (Å²) in [7, 11) is 1.97. The van der Waals surface area contributed by atoms with Gasteiger partial charge in [0, 0.05) is 39.1 Å². The van der Waals surface area contributed by atoms with Crippen molar-refractivity contribution in [3.8, 4) is 0 Å². The van der Waals surface area contributed by atoms with E-state index in [-0.39, 0.29) is 17.3 Å². The molecule has 0 radical (unpaired) electrons. The maximum Gasteiger partial charge on any atom is 0.410 e. The molecule has 2 aromatic rings. The first-order valence-electron chi connectivity index (χ1n) is 10.4. The number of aryl methyl sites for hydroxylation is 1. The van der Waals surface area contributed by atoms with Gasteiger partial charge < -0.3 is 23.8 Å². The number of hydrogen-bond acceptors (Lipinski definition) is 7. The molecule has 4 rings (SSSR count). The molecule has 0 bridgehead atoms. The molecular weight excluding hydrogens is 408 g/mol. The molecule has 0 N–H and O–H groups in total. The van der Waals surface area contributed by atoms with Crippen molar-refractivity contribution in [2.45, 2.75) is 45.1 Å². The number of amides is 1. The van der Waals surface area contributed by atoms with Crippen molar-refractivity contribution in [3.63, 3.8) is 0 Å². The van der Waals surface area contributed by atoms with E-state index in [9.17, 15) is 4.79 Å². The maximum atomic E-state index is 12.4. The zero-order valence-corrected chi connectivity index (χ0v) is 18.8. The highest BCUT2D eigenvalue weighted by Gasteiger charge is 2.31. The molecule has 10 heteroatoms. The van der Waals surface area contributed by atoms with Gasteiger partial charge in [-0.1, -0.05) is 0 Å². The van der Waals surface area contributed by atoms with Crippen LogP contribution in [0.15, 0.2) is 0 Å². The van der Waals surface area contributed by atoms with Gasteiger partial charge in [-0.2, -0.15) is 9.97 Å². The molecule has 0 aliphatic carbocycles. The van der Waals surface area contributed by atoms with E-state index in [1.807, 2.05) is 32.4 Å². The van der Waals surface area contributed by atoms with Crippen molar-refractivity contribution < 1.29 is 14.3 Å². The van der Waals surface area contributed by atoms with Crippen LogP contribution in [-0.2, 0) is 16.5 Å². The predicted octanol–water partition coefficient (Wildman–Crippen LogP) is 2.97. The van der Waals surface area contributed by atoms with Crippen LogP contribution in [-0.4, -0.2) is 75.5 Å². The molecule has 2 saturated heterocycles. The van der Waals surface area contributed by atoms with Crippen LogP contribution in [0.1, 0.15) is 45.4 Å². The highest BCUT2D eigenvalue weighted by atomic mass is 35.5. The first kappa shape index (κ1) is 21.1. The molecule has 1 amide bonds. The minimum absolute atomic E-state index is 0.221. The van der Waals surface area contributed by atoms with Gasteiger partial charge in [0.25, 0.3) is 0 Å². The Bertz CT molecular complexity index is 927. The van der Waals surface area contributed by atoms with E-state index in [1.165, 1.54) is 0 Å². The second-order valence-corrected chi connectivity index (χ2v) is 9.20. The van der Waals surface area contributed by atoms with E-state index in [1.54, 1.807) is 4.90 Å². The fourth-order valence-corrected chi connectivity index (χ4v) is 4.21. The van der Waals surface area contributed by atoms with Crippen LogP contribution in [0, 0.1) is 0 Å². The number of anilines is 1. The monoisotopic (exact) mass is 436 g/mol. The number of fused-ring (bicyclic) bond motifs is 1. The summed E-state index contributed by atoms with van der Waals surface area (Å²) in [5.41, 5.74) is 1.02. The van der Waals surface area contributed by atoms with Crippen LogP contribution in [0.3, 0.4) is 0 Å². The van der Waals surface area contributed by atoms with Gasteiger partial charge in [-0.25, -0.2) is 9.78 Å². The molecule has 2 fully saturated rings. The summed E-state index contributed by atoms with van der Waals surface area (Å²) in [6, 6.07) is 0. The zero-order valence-electron chi connectivity index (χ0n) is 18.0. The highest BCUT2D eigenvalue weighted by Crippen LogP contribution is 2.33. The second kappa shape index (κ2) is 8.19. The summed E-state index contributed by atoms with van der Waals surface area (Å²) in [5, 5.41) is 0.221. The number of ether oxygens (including phenoxy) is 2. The Morgan fingerprint density at radius 1 is 1.10 bits per heavy atom. The van der Waals surface area contributed by atoms with Crippen molar-refractivity contribution >= 4 is 34.7 Å². The van der Waals surface area contributed by atoms with E-state index < -0.39 is 5.60 Å². The normalized spacial score (nSPS) is 18.8. The third-order valence-corrected chi connectivity index (χ3v) is 5.70. The summed E-state index contributed by atoms with van der Waals surface area (Å²) in [5.74, 6) is 1.96. The van der Waals surface area contributed by atoms with Crippen molar-refractivity contribution in [1.82, 2.24) is 24.4 Å². The van der Waals surface area contributed by atoms with Crippen LogP contribution < -0.4 is 4.90 Å². The SMILES string of the molecule is Cn1c(C2CCN(C(=O)OC(C)(C)C)CC2)nc2c(N3CCOCC3)nc(Cl)nc21. The van der Waals surface area contributed by atoms with Crippen molar-refractivity contribution in [2.75, 3.05) is 44.3 Å². The maximum absolute atomic E-state index is 12.4. The number of carbonyl (C=O) groups excluding carboxylic acids is 1. The minimum Gasteiger partial charge on any atom is -0.444 e. The number of morpholine rings is 1. The third-order valence-electron chi connectivity index (χ3n) is 5.53. The Balaban J connectivity index is 1.55. The van der Waals surface area contributed by atoms with Crippen molar-refractivity contribution in [3.05, 3.63) is 11.1 Å². The molecule has 0 saturated carbocycles. The lowest BCUT2D eigenvalue weighted by Gasteiger charge is -2.33. The van der Waals surface area contributed by atoms with Crippen molar-refractivity contribution in [1.29, 1.82) is 0 Å². The summed E-state index contributed by atoms with van der Waals surface area (Å²) < 4.78 is 13.0. The van der Waals surface area contributed by atoms with E-state index in [0.717, 1.165) is 48.7 Å². The van der Waals surface area contributed by atoms with Gasteiger partial charge in [0.15, 0.2) is 17.0 Å². The van der Waals surface area contributed by atoms with E-state index in [4.69, 9.17) is 26.1 Å². The molecule has 0 spiro atoms. The lowest BCUT2D eigenvalue weighted by molar-refractivity contribution is 0.0202. The summed E-state index contributed by atoms with van der Waals surface area (Å²) in [4.78, 5) is 30.1. The zero-order chi connectivity index (χ0) is 21.5. The quantitative estimate of drug-likeness (QED) is 0.669. The second-order valence-electron chi connectivity index (χ2n) is 8.86. The number of likely N-dealkylation sites (tertiary alicyclic amines) is 1. The van der Waals surface area contributed by atoms with Gasteiger partial charge >= 0.3 is 6.09 Å². The number of imidazole rings is 1. The number of carbonyl (C=O) groups is 1. The fourth-order valence-electron chi connectivity index (χ4n) is 4.05. The third kappa shape index (κ3) is 4.32. The van der Waals surface area contributed by atoms with Crippen LogP contribution in [0.2, 0.25) is 5.28 Å². The molecule has 0 unspecified atom stereocenters. The number of piperidine rings is 1. The largest absolute Gasteiger partial charge is 0.444 e. The molecule has 30 heavy (non-hydrogen) atoms. The van der Waals surface area contributed by atoms with Crippen LogP contribution >= 0.6 is 11.6 Å². The Morgan fingerprint density at radius 2 is 1.77 bits per heavy atom. The van der Waals surface area contributed by atoms with Gasteiger partial charge in [0.2, 0.25) is 5.28 Å². The molecule has 0 atom stereocenters. The molecule has 9 nitrogen and oxygen atoms in total. The molecule has 164 valence electrons. The number of aromatic nitrogens is 4. The first-order chi connectivity index (χ1) is 14.2. The van der Waals surface area contributed by atoms with E-state index in [0.29, 0.717) is 26.3 Å². The predicted molar refractivity (Wildman–Crippen MR) is 114 cm³/mol. The molecule has 0 aromatic carbocycles. The van der Waals surface area contributed by atoms with Crippen LogP contribution in [0.25, 0.3) is 11.2 Å². The van der Waals surface area contributed by atoms with Gasteiger partial charge in [-0.15, -0.1) is 0 Å².